The number of halogens is 3. The average molecular weight is 285 g/mol. The zero-order valence-electron chi connectivity index (χ0n) is 10.1. The first-order valence-corrected chi connectivity index (χ1v) is 5.29. The van der Waals surface area contributed by atoms with Gasteiger partial charge in [-0.15, -0.1) is 5.73 Å². The molecule has 0 fully saturated rings. The van der Waals surface area contributed by atoms with Crippen molar-refractivity contribution in [2.24, 2.45) is 0 Å². The molecule has 1 amide bonds. The molecule has 0 bridgehead atoms. The van der Waals surface area contributed by atoms with Gasteiger partial charge in [0.1, 0.15) is 0 Å². The third-order valence-electron chi connectivity index (χ3n) is 2.45. The molecule has 20 heavy (non-hydrogen) atoms. The van der Waals surface area contributed by atoms with E-state index < -0.39 is 23.6 Å². The summed E-state index contributed by atoms with van der Waals surface area (Å²) >= 11 is 0. The van der Waals surface area contributed by atoms with Crippen LogP contribution in [0.2, 0.25) is 0 Å². The van der Waals surface area contributed by atoms with Crippen molar-refractivity contribution >= 4 is 11.9 Å². The molecular formula is C13H10F3NO3. The van der Waals surface area contributed by atoms with Gasteiger partial charge >= 0.3 is 12.1 Å². The molecule has 1 atom stereocenters. The lowest BCUT2D eigenvalue weighted by Gasteiger charge is -2.28. The zero-order chi connectivity index (χ0) is 15.4. The van der Waals surface area contributed by atoms with E-state index in [-0.39, 0.29) is 11.6 Å². The average Bonchev–Trinajstić information content (AvgIpc) is 2.37. The molecular weight excluding hydrogens is 275 g/mol. The first kappa shape index (κ1) is 15.5. The number of aliphatic carboxylic acids is 1. The predicted octanol–water partition coefficient (Wildman–Crippen LogP) is 2.14. The van der Waals surface area contributed by atoms with Crippen LogP contribution >= 0.6 is 0 Å². The Morgan fingerprint density at radius 3 is 2.20 bits per heavy atom. The van der Waals surface area contributed by atoms with Crippen LogP contribution in [-0.4, -0.2) is 28.7 Å². The summed E-state index contributed by atoms with van der Waals surface area (Å²) in [7, 11) is 0. The van der Waals surface area contributed by atoms with Crippen LogP contribution < -0.4 is 5.32 Å². The summed E-state index contributed by atoms with van der Waals surface area (Å²) < 4.78 is 39.0. The Labute approximate surface area is 112 Å². The van der Waals surface area contributed by atoms with E-state index >= 15 is 0 Å². The Balaban J connectivity index is 3.24. The Bertz CT molecular complexity index is 558. The van der Waals surface area contributed by atoms with Crippen LogP contribution in [0.25, 0.3) is 0 Å². The summed E-state index contributed by atoms with van der Waals surface area (Å²) in [5, 5.41) is 10.3. The second-order valence-corrected chi connectivity index (χ2v) is 3.78. The Morgan fingerprint density at radius 1 is 1.25 bits per heavy atom. The molecule has 1 aromatic rings. The van der Waals surface area contributed by atoms with Gasteiger partial charge in [0, 0.05) is 11.6 Å². The Morgan fingerprint density at radius 2 is 1.80 bits per heavy atom. The molecule has 0 spiro atoms. The number of benzene rings is 1. The standard InChI is InChI=1S/C13H10F3NO3/c1-2-8-12(11(19)20,13(14,15)16)17-10(18)9-6-4-3-5-7-9/h3-8H,1H2,(H,17,18)(H,19,20). The Kier molecular flexibility index (Phi) is 4.37. The zero-order valence-corrected chi connectivity index (χ0v) is 10.1. The maximum atomic E-state index is 13.0. The van der Waals surface area contributed by atoms with Crippen LogP contribution in [-0.2, 0) is 4.79 Å². The molecule has 2 N–H and O–H groups in total. The quantitative estimate of drug-likeness (QED) is 0.833. The van der Waals surface area contributed by atoms with Gasteiger partial charge < -0.3 is 10.4 Å². The molecule has 7 heteroatoms. The van der Waals surface area contributed by atoms with Crippen molar-refractivity contribution in [2.45, 2.75) is 11.7 Å². The topological polar surface area (TPSA) is 66.4 Å². The monoisotopic (exact) mass is 285 g/mol. The van der Waals surface area contributed by atoms with Crippen molar-refractivity contribution in [1.82, 2.24) is 5.32 Å². The van der Waals surface area contributed by atoms with Crippen LogP contribution in [0.3, 0.4) is 0 Å². The van der Waals surface area contributed by atoms with Crippen LogP contribution in [0.15, 0.2) is 48.7 Å². The number of carbonyl (C=O) groups excluding carboxylic acids is 1. The van der Waals surface area contributed by atoms with Crippen LogP contribution in [0.5, 0.6) is 0 Å². The summed E-state index contributed by atoms with van der Waals surface area (Å²) in [6.45, 7) is 2.93. The summed E-state index contributed by atoms with van der Waals surface area (Å²) in [5.41, 5.74) is -1.90. The molecule has 0 aliphatic rings. The first-order valence-electron chi connectivity index (χ1n) is 5.29. The van der Waals surface area contributed by atoms with E-state index in [1.807, 2.05) is 0 Å². The Hall–Kier alpha value is -2.53. The maximum absolute atomic E-state index is 13.0. The van der Waals surface area contributed by atoms with E-state index in [9.17, 15) is 22.8 Å². The number of hydrogen-bond acceptors (Lipinski definition) is 2. The number of carbonyl (C=O) groups is 2. The van der Waals surface area contributed by atoms with Crippen LogP contribution in [0.4, 0.5) is 13.2 Å². The fourth-order valence-electron chi connectivity index (χ4n) is 1.42. The van der Waals surface area contributed by atoms with Gasteiger partial charge in [-0.3, -0.25) is 4.79 Å². The molecule has 1 unspecified atom stereocenters. The smallest absolute Gasteiger partial charge is 0.426 e. The maximum Gasteiger partial charge on any atom is 0.426 e. The van der Waals surface area contributed by atoms with E-state index in [1.54, 1.807) is 11.8 Å². The minimum Gasteiger partial charge on any atom is -0.479 e. The lowest BCUT2D eigenvalue weighted by atomic mass is 9.98. The van der Waals surface area contributed by atoms with Gasteiger partial charge in [0.25, 0.3) is 11.4 Å². The molecule has 4 nitrogen and oxygen atoms in total. The van der Waals surface area contributed by atoms with E-state index in [0.717, 1.165) is 0 Å². The van der Waals surface area contributed by atoms with Crippen molar-refractivity contribution in [1.29, 1.82) is 0 Å². The highest BCUT2D eigenvalue weighted by atomic mass is 19.4. The number of carboxylic acids is 1. The van der Waals surface area contributed by atoms with Crippen LogP contribution in [0, 0.1) is 0 Å². The highest BCUT2D eigenvalue weighted by Crippen LogP contribution is 2.32. The normalized spacial score (nSPS) is 13.8. The van der Waals surface area contributed by atoms with Crippen molar-refractivity contribution in [3.63, 3.8) is 0 Å². The summed E-state index contributed by atoms with van der Waals surface area (Å²) in [6, 6.07) is 6.96. The fourth-order valence-corrected chi connectivity index (χ4v) is 1.42. The minimum absolute atomic E-state index is 0.0974. The lowest BCUT2D eigenvalue weighted by Crippen LogP contribution is -2.62. The second-order valence-electron chi connectivity index (χ2n) is 3.78. The first-order chi connectivity index (χ1) is 9.24. The molecule has 1 rings (SSSR count). The molecule has 0 saturated carbocycles. The van der Waals surface area contributed by atoms with Gasteiger partial charge in [-0.25, -0.2) is 4.79 Å². The third-order valence-corrected chi connectivity index (χ3v) is 2.45. The van der Waals surface area contributed by atoms with E-state index in [1.165, 1.54) is 29.6 Å². The number of hydrogen-bond donors (Lipinski definition) is 2. The molecule has 0 aromatic heterocycles. The van der Waals surface area contributed by atoms with E-state index in [0.29, 0.717) is 0 Å². The molecule has 106 valence electrons. The molecule has 1 aromatic carbocycles. The largest absolute Gasteiger partial charge is 0.479 e. The van der Waals surface area contributed by atoms with Gasteiger partial charge in [0.2, 0.25) is 0 Å². The van der Waals surface area contributed by atoms with Crippen LogP contribution in [0.1, 0.15) is 10.4 Å². The number of carboxylic acid groups (broad SMARTS) is 1. The number of rotatable bonds is 4. The summed E-state index contributed by atoms with van der Waals surface area (Å²) in [5.74, 6) is -3.44. The van der Waals surface area contributed by atoms with E-state index in [2.05, 4.69) is 6.58 Å². The van der Waals surface area contributed by atoms with E-state index in [4.69, 9.17) is 5.11 Å². The number of amides is 1. The molecule has 0 saturated heterocycles. The number of alkyl halides is 3. The molecule has 0 heterocycles. The van der Waals surface area contributed by atoms with Gasteiger partial charge in [0.15, 0.2) is 0 Å². The van der Waals surface area contributed by atoms with Crippen molar-refractivity contribution < 1.29 is 27.9 Å². The fraction of sp³-hybridized carbons (Fsp3) is 0.154. The van der Waals surface area contributed by atoms with Gasteiger partial charge in [-0.2, -0.15) is 13.2 Å². The SMILES string of the molecule is C=C=CC(NC(=O)c1ccccc1)(C(=O)O)C(F)(F)F. The highest BCUT2D eigenvalue weighted by molar-refractivity contribution is 5.99. The second kappa shape index (κ2) is 5.63. The van der Waals surface area contributed by atoms with Crippen molar-refractivity contribution in [3.05, 3.63) is 54.3 Å². The highest BCUT2D eigenvalue weighted by Gasteiger charge is 2.60. The lowest BCUT2D eigenvalue weighted by molar-refractivity contribution is -0.196. The van der Waals surface area contributed by atoms with Gasteiger partial charge in [-0.1, -0.05) is 24.8 Å². The number of nitrogens with one attached hydrogen (secondary N) is 1. The third kappa shape index (κ3) is 2.89. The molecule has 0 aliphatic heterocycles. The van der Waals surface area contributed by atoms with Gasteiger partial charge in [-0.05, 0) is 12.1 Å². The minimum atomic E-state index is -5.24. The van der Waals surface area contributed by atoms with Crippen molar-refractivity contribution in [2.75, 3.05) is 0 Å². The van der Waals surface area contributed by atoms with Crippen molar-refractivity contribution in [3.8, 4) is 0 Å². The van der Waals surface area contributed by atoms with Gasteiger partial charge in [0.05, 0.1) is 0 Å². The summed E-state index contributed by atoms with van der Waals surface area (Å²) in [4.78, 5) is 22.7. The predicted molar refractivity (Wildman–Crippen MR) is 64.0 cm³/mol. The summed E-state index contributed by atoms with van der Waals surface area (Å²) in [6.07, 6.45) is -5.08. The molecule has 0 aliphatic carbocycles. The molecule has 0 radical (unpaired) electrons.